The molecule has 0 fully saturated rings. The predicted octanol–water partition coefficient (Wildman–Crippen LogP) is 2.56. The van der Waals surface area contributed by atoms with Crippen molar-refractivity contribution in [3.8, 4) is 0 Å². The van der Waals surface area contributed by atoms with Gasteiger partial charge in [-0.2, -0.15) is 5.10 Å². The van der Waals surface area contributed by atoms with E-state index in [4.69, 9.17) is 0 Å². The van der Waals surface area contributed by atoms with Gasteiger partial charge in [0, 0.05) is 44.6 Å². The van der Waals surface area contributed by atoms with Crippen molar-refractivity contribution in [1.29, 1.82) is 0 Å². The maximum absolute atomic E-state index is 13.1. The Balaban J connectivity index is 1.48. The van der Waals surface area contributed by atoms with Gasteiger partial charge in [0.1, 0.15) is 5.69 Å². The van der Waals surface area contributed by atoms with Crippen LogP contribution in [-0.4, -0.2) is 38.0 Å². The van der Waals surface area contributed by atoms with Crippen LogP contribution in [0.1, 0.15) is 44.1 Å². The van der Waals surface area contributed by atoms with Gasteiger partial charge < -0.3 is 10.2 Å². The molecule has 0 atom stereocenters. The summed E-state index contributed by atoms with van der Waals surface area (Å²) in [6.45, 7) is 4.23. The van der Waals surface area contributed by atoms with Crippen molar-refractivity contribution in [2.45, 2.75) is 33.0 Å². The second-order valence-corrected chi connectivity index (χ2v) is 7.25. The Kier molecular flexibility index (Phi) is 5.37. The zero-order valence-corrected chi connectivity index (χ0v) is 16.3. The monoisotopic (exact) mass is 389 g/mol. The van der Waals surface area contributed by atoms with E-state index in [2.05, 4.69) is 21.5 Å². The van der Waals surface area contributed by atoms with Crippen molar-refractivity contribution in [2.75, 3.05) is 6.54 Å². The van der Waals surface area contributed by atoms with Gasteiger partial charge in [0.2, 0.25) is 0 Å². The largest absolute Gasteiger partial charge is 0.347 e. The molecule has 7 nitrogen and oxygen atoms in total. The van der Waals surface area contributed by atoms with Crippen LogP contribution in [-0.2, 0) is 19.6 Å². The number of hydrogen-bond donors (Lipinski definition) is 1. The number of aryl methyl sites for hydroxylation is 2. The third-order valence-corrected chi connectivity index (χ3v) is 4.95. The molecule has 4 rings (SSSR count). The molecule has 29 heavy (non-hydrogen) atoms. The van der Waals surface area contributed by atoms with Gasteiger partial charge in [-0.3, -0.25) is 19.3 Å². The van der Waals surface area contributed by atoms with E-state index in [1.807, 2.05) is 42.2 Å². The molecule has 1 aliphatic rings. The number of fused-ring (bicyclic) bond motifs is 1. The first kappa shape index (κ1) is 18.9. The molecule has 0 aliphatic carbocycles. The van der Waals surface area contributed by atoms with E-state index in [1.54, 1.807) is 23.1 Å². The highest BCUT2D eigenvalue weighted by Crippen LogP contribution is 2.17. The highest BCUT2D eigenvalue weighted by Gasteiger charge is 2.26. The number of aromatic nitrogens is 3. The second kappa shape index (κ2) is 8.26. The van der Waals surface area contributed by atoms with E-state index >= 15 is 0 Å². The number of benzene rings is 1. The number of pyridine rings is 1. The molecule has 2 amide bonds. The fourth-order valence-corrected chi connectivity index (χ4v) is 3.50. The third kappa shape index (κ3) is 4.34. The van der Waals surface area contributed by atoms with E-state index in [0.717, 1.165) is 17.5 Å². The lowest BCUT2D eigenvalue weighted by Gasteiger charge is -2.20. The number of carbonyl (C=O) groups excluding carboxylic acids is 2. The van der Waals surface area contributed by atoms with Crippen molar-refractivity contribution >= 4 is 11.8 Å². The van der Waals surface area contributed by atoms with Gasteiger partial charge in [-0.25, -0.2) is 0 Å². The molecular weight excluding hydrogens is 366 g/mol. The van der Waals surface area contributed by atoms with Crippen molar-refractivity contribution in [2.24, 2.45) is 0 Å². The van der Waals surface area contributed by atoms with Crippen LogP contribution in [0.25, 0.3) is 0 Å². The summed E-state index contributed by atoms with van der Waals surface area (Å²) in [4.78, 5) is 31.4. The van der Waals surface area contributed by atoms with Crippen molar-refractivity contribution in [3.05, 3.63) is 82.9 Å². The van der Waals surface area contributed by atoms with E-state index in [0.29, 0.717) is 31.9 Å². The minimum absolute atomic E-state index is 0.0946. The fourth-order valence-electron chi connectivity index (χ4n) is 3.50. The summed E-state index contributed by atoms with van der Waals surface area (Å²) in [6, 6.07) is 13.5. The minimum atomic E-state index is -0.299. The lowest BCUT2D eigenvalue weighted by atomic mass is 10.1. The van der Waals surface area contributed by atoms with Crippen LogP contribution in [0.3, 0.4) is 0 Å². The van der Waals surface area contributed by atoms with Gasteiger partial charge in [0.15, 0.2) is 5.69 Å². The van der Waals surface area contributed by atoms with Gasteiger partial charge in [0.05, 0.1) is 0 Å². The number of amides is 2. The molecule has 1 aromatic carbocycles. The lowest BCUT2D eigenvalue weighted by Crippen LogP contribution is -2.30. The normalized spacial score (nSPS) is 13.7. The molecule has 2 aromatic heterocycles. The smallest absolute Gasteiger partial charge is 0.272 e. The van der Waals surface area contributed by atoms with Crippen LogP contribution < -0.4 is 5.32 Å². The maximum atomic E-state index is 13.1. The van der Waals surface area contributed by atoms with Crippen molar-refractivity contribution < 1.29 is 9.59 Å². The van der Waals surface area contributed by atoms with Crippen LogP contribution in [0.5, 0.6) is 0 Å². The summed E-state index contributed by atoms with van der Waals surface area (Å²) in [5.41, 5.74) is 3.89. The Morgan fingerprint density at radius 1 is 1.14 bits per heavy atom. The van der Waals surface area contributed by atoms with Crippen LogP contribution in [0, 0.1) is 6.92 Å². The Labute approximate surface area is 169 Å². The molecule has 0 unspecified atom stereocenters. The van der Waals surface area contributed by atoms with Crippen LogP contribution in [0.2, 0.25) is 0 Å². The summed E-state index contributed by atoms with van der Waals surface area (Å²) in [5.74, 6) is -0.393. The molecule has 0 saturated carbocycles. The quantitative estimate of drug-likeness (QED) is 0.727. The van der Waals surface area contributed by atoms with Crippen molar-refractivity contribution in [3.63, 3.8) is 0 Å². The molecule has 0 bridgehead atoms. The average Bonchev–Trinajstić information content (AvgIpc) is 3.10. The van der Waals surface area contributed by atoms with Gasteiger partial charge in [-0.15, -0.1) is 0 Å². The van der Waals surface area contributed by atoms with Crippen molar-refractivity contribution in [1.82, 2.24) is 25.0 Å². The molecule has 1 N–H and O–H groups in total. The fraction of sp³-hybridized carbons (Fsp3) is 0.273. The molecule has 0 radical (unpaired) electrons. The van der Waals surface area contributed by atoms with E-state index in [9.17, 15) is 9.59 Å². The zero-order valence-electron chi connectivity index (χ0n) is 16.3. The average molecular weight is 389 g/mol. The molecular formula is C22H23N5O2. The summed E-state index contributed by atoms with van der Waals surface area (Å²) >= 11 is 0. The molecule has 7 heteroatoms. The number of nitrogens with one attached hydrogen (secondary N) is 1. The number of hydrogen-bond acceptors (Lipinski definition) is 4. The number of rotatable bonds is 5. The highest BCUT2D eigenvalue weighted by atomic mass is 16.2. The molecule has 3 heterocycles. The lowest BCUT2D eigenvalue weighted by molar-refractivity contribution is 0.0745. The van der Waals surface area contributed by atoms with E-state index in [1.165, 1.54) is 5.56 Å². The first-order chi connectivity index (χ1) is 14.1. The third-order valence-electron chi connectivity index (χ3n) is 4.95. The first-order valence-corrected chi connectivity index (χ1v) is 9.70. The topological polar surface area (TPSA) is 80.1 Å². The summed E-state index contributed by atoms with van der Waals surface area (Å²) in [6.07, 6.45) is 4.18. The predicted molar refractivity (Wildman–Crippen MR) is 108 cm³/mol. The van der Waals surface area contributed by atoms with Gasteiger partial charge in [-0.05, 0) is 30.5 Å². The highest BCUT2D eigenvalue weighted by molar-refractivity contribution is 5.98. The number of nitrogens with zero attached hydrogens (tertiary/aromatic N) is 4. The van der Waals surface area contributed by atoms with Crippen LogP contribution >= 0.6 is 0 Å². The van der Waals surface area contributed by atoms with E-state index < -0.39 is 0 Å². The van der Waals surface area contributed by atoms with Gasteiger partial charge >= 0.3 is 0 Å². The maximum Gasteiger partial charge on any atom is 0.272 e. The molecule has 148 valence electrons. The summed E-state index contributed by atoms with van der Waals surface area (Å²) in [5, 5.41) is 7.20. The van der Waals surface area contributed by atoms with Gasteiger partial charge in [-0.1, -0.05) is 35.9 Å². The standard InChI is InChI=1S/C22H23N5O2/c1-16-5-2-6-17(11-16)15-26-9-4-10-27-20(22(26)29)12-19(25-27)21(28)24-14-18-7-3-8-23-13-18/h2-3,5-8,11-13H,4,9-10,14-15H2,1H3,(H,24,28). The Morgan fingerprint density at radius 3 is 2.79 bits per heavy atom. The minimum Gasteiger partial charge on any atom is -0.347 e. The molecule has 1 aliphatic heterocycles. The second-order valence-electron chi connectivity index (χ2n) is 7.25. The van der Waals surface area contributed by atoms with Crippen LogP contribution in [0.4, 0.5) is 0 Å². The SMILES string of the molecule is Cc1cccc(CN2CCCn3nc(C(=O)NCc4cccnc4)cc3C2=O)c1. The molecule has 0 spiro atoms. The first-order valence-electron chi connectivity index (χ1n) is 9.70. The van der Waals surface area contributed by atoms with E-state index in [-0.39, 0.29) is 17.5 Å². The Bertz CT molecular complexity index is 1030. The zero-order chi connectivity index (χ0) is 20.2. The van der Waals surface area contributed by atoms with Crippen LogP contribution in [0.15, 0.2) is 54.9 Å². The molecule has 0 saturated heterocycles. The number of carbonyl (C=O) groups is 2. The summed E-state index contributed by atoms with van der Waals surface area (Å²) in [7, 11) is 0. The Morgan fingerprint density at radius 2 is 2.00 bits per heavy atom. The van der Waals surface area contributed by atoms with Gasteiger partial charge in [0.25, 0.3) is 11.8 Å². The summed E-state index contributed by atoms with van der Waals surface area (Å²) < 4.78 is 1.65. The Hall–Kier alpha value is -3.48. The molecule has 3 aromatic rings.